The first kappa shape index (κ1) is 15.6. The third-order valence-electron chi connectivity index (χ3n) is 4.25. The normalized spacial score (nSPS) is 15.3. The average Bonchev–Trinajstić information content (AvgIpc) is 2.56. The van der Waals surface area contributed by atoms with E-state index >= 15 is 0 Å². The monoisotopic (exact) mass is 309 g/mol. The topological polar surface area (TPSA) is 58.4 Å². The van der Waals surface area contributed by atoms with E-state index in [0.717, 1.165) is 25.3 Å². The molecule has 1 aliphatic rings. The second-order valence-electron chi connectivity index (χ2n) is 6.08. The molecular weight excluding hydrogens is 286 g/mol. The summed E-state index contributed by atoms with van der Waals surface area (Å²) in [5.74, 6) is -0.168. The maximum atomic E-state index is 12.3. The van der Waals surface area contributed by atoms with E-state index in [4.69, 9.17) is 5.73 Å². The summed E-state index contributed by atoms with van der Waals surface area (Å²) >= 11 is 0. The van der Waals surface area contributed by atoms with E-state index in [1.165, 1.54) is 24.8 Å². The van der Waals surface area contributed by atoms with Gasteiger partial charge < -0.3 is 11.1 Å². The zero-order chi connectivity index (χ0) is 16.1. The highest BCUT2D eigenvalue weighted by atomic mass is 16.1. The molecule has 1 heterocycles. The number of nitrogens with one attached hydrogen (secondary N) is 1. The molecule has 120 valence electrons. The van der Waals surface area contributed by atoms with Crippen molar-refractivity contribution in [3.63, 3.8) is 0 Å². The second kappa shape index (κ2) is 7.29. The van der Waals surface area contributed by atoms with E-state index in [-0.39, 0.29) is 5.91 Å². The van der Waals surface area contributed by atoms with Crippen LogP contribution in [0.5, 0.6) is 0 Å². The van der Waals surface area contributed by atoms with E-state index in [9.17, 15) is 4.79 Å². The molecule has 0 spiro atoms. The number of nitrogen functional groups attached to an aromatic ring is 1. The summed E-state index contributed by atoms with van der Waals surface area (Å²) in [4.78, 5) is 14.8. The Morgan fingerprint density at radius 3 is 2.61 bits per heavy atom. The summed E-state index contributed by atoms with van der Waals surface area (Å²) in [5, 5.41) is 2.94. The lowest BCUT2D eigenvalue weighted by atomic mass is 10.1. The van der Waals surface area contributed by atoms with Gasteiger partial charge in [0.05, 0.1) is 5.56 Å². The van der Waals surface area contributed by atoms with Crippen molar-refractivity contribution in [2.45, 2.75) is 25.8 Å². The molecule has 0 radical (unpaired) electrons. The number of carbonyl (C=O) groups is 1. The Bertz CT molecular complexity index is 678. The molecule has 1 fully saturated rings. The van der Waals surface area contributed by atoms with Gasteiger partial charge >= 0.3 is 0 Å². The Labute approximate surface area is 137 Å². The van der Waals surface area contributed by atoms with Crippen LogP contribution in [0.2, 0.25) is 0 Å². The molecule has 0 unspecified atom stereocenters. The van der Waals surface area contributed by atoms with Gasteiger partial charge in [-0.2, -0.15) is 0 Å². The summed E-state index contributed by atoms with van der Waals surface area (Å²) in [6.45, 7) is 3.27. The summed E-state index contributed by atoms with van der Waals surface area (Å²) in [6.07, 6.45) is 3.90. The van der Waals surface area contributed by atoms with E-state index in [0.29, 0.717) is 11.3 Å². The van der Waals surface area contributed by atoms with Gasteiger partial charge in [-0.25, -0.2) is 0 Å². The lowest BCUT2D eigenvalue weighted by Crippen LogP contribution is -2.29. The molecule has 1 aliphatic heterocycles. The number of hydrogen-bond donors (Lipinski definition) is 2. The number of para-hydroxylation sites is 1. The molecular formula is C19H23N3O. The van der Waals surface area contributed by atoms with E-state index in [1.54, 1.807) is 12.1 Å². The predicted molar refractivity (Wildman–Crippen MR) is 94.4 cm³/mol. The largest absolute Gasteiger partial charge is 0.398 e. The fourth-order valence-electron chi connectivity index (χ4n) is 3.03. The molecule has 3 N–H and O–H groups in total. The molecule has 0 saturated carbocycles. The number of piperidine rings is 1. The highest BCUT2D eigenvalue weighted by molar-refractivity contribution is 6.07. The average molecular weight is 309 g/mol. The summed E-state index contributed by atoms with van der Waals surface area (Å²) in [6, 6.07) is 15.2. The number of hydrogen-bond acceptors (Lipinski definition) is 3. The van der Waals surface area contributed by atoms with Crippen LogP contribution in [0.15, 0.2) is 48.5 Å². The number of benzene rings is 2. The molecule has 1 saturated heterocycles. The molecule has 23 heavy (non-hydrogen) atoms. The van der Waals surface area contributed by atoms with Crippen molar-refractivity contribution in [2.75, 3.05) is 24.1 Å². The Morgan fingerprint density at radius 2 is 1.83 bits per heavy atom. The van der Waals surface area contributed by atoms with Gasteiger partial charge in [0.2, 0.25) is 0 Å². The first-order valence-electron chi connectivity index (χ1n) is 8.19. The van der Waals surface area contributed by atoms with Crippen molar-refractivity contribution >= 4 is 17.3 Å². The van der Waals surface area contributed by atoms with E-state index in [2.05, 4.69) is 16.3 Å². The Kier molecular flexibility index (Phi) is 4.93. The summed E-state index contributed by atoms with van der Waals surface area (Å²) in [7, 11) is 0. The zero-order valence-electron chi connectivity index (χ0n) is 13.3. The maximum Gasteiger partial charge on any atom is 0.257 e. The third-order valence-corrected chi connectivity index (χ3v) is 4.25. The smallest absolute Gasteiger partial charge is 0.257 e. The minimum atomic E-state index is -0.168. The van der Waals surface area contributed by atoms with Crippen LogP contribution in [-0.2, 0) is 6.54 Å². The number of rotatable bonds is 4. The minimum Gasteiger partial charge on any atom is -0.398 e. The lowest BCUT2D eigenvalue weighted by Gasteiger charge is -2.26. The van der Waals surface area contributed by atoms with Gasteiger partial charge in [0, 0.05) is 17.9 Å². The number of nitrogens with two attached hydrogens (primary N) is 1. The highest BCUT2D eigenvalue weighted by Gasteiger charge is 2.12. The highest BCUT2D eigenvalue weighted by Crippen LogP contribution is 2.18. The first-order chi connectivity index (χ1) is 11.2. The van der Waals surface area contributed by atoms with Gasteiger partial charge in [-0.3, -0.25) is 9.69 Å². The van der Waals surface area contributed by atoms with Crippen LogP contribution in [-0.4, -0.2) is 23.9 Å². The van der Waals surface area contributed by atoms with Crippen molar-refractivity contribution in [3.8, 4) is 0 Å². The number of carbonyl (C=O) groups excluding carboxylic acids is 1. The third kappa shape index (κ3) is 4.11. The maximum absolute atomic E-state index is 12.3. The Morgan fingerprint density at radius 1 is 1.04 bits per heavy atom. The number of anilines is 2. The van der Waals surface area contributed by atoms with Crippen LogP contribution in [0, 0.1) is 0 Å². The number of nitrogens with zero attached hydrogens (tertiary/aromatic N) is 1. The van der Waals surface area contributed by atoms with Crippen LogP contribution in [0.3, 0.4) is 0 Å². The van der Waals surface area contributed by atoms with E-state index in [1.807, 2.05) is 30.3 Å². The van der Waals surface area contributed by atoms with Crippen LogP contribution in [0.1, 0.15) is 35.2 Å². The Hall–Kier alpha value is -2.33. The standard InChI is InChI=1S/C19H23N3O/c20-18-10-3-2-9-17(18)19(23)21-16-8-6-7-15(13-16)14-22-11-4-1-5-12-22/h2-3,6-10,13H,1,4-5,11-12,14,20H2,(H,21,23). The number of likely N-dealkylation sites (tertiary alicyclic amines) is 1. The van der Waals surface area contributed by atoms with Gasteiger partial charge in [-0.05, 0) is 55.8 Å². The molecule has 0 aliphatic carbocycles. The molecule has 4 heteroatoms. The molecule has 3 rings (SSSR count). The fraction of sp³-hybridized carbons (Fsp3) is 0.316. The molecule has 1 amide bonds. The fourth-order valence-corrected chi connectivity index (χ4v) is 3.03. The molecule has 2 aromatic rings. The molecule has 4 nitrogen and oxygen atoms in total. The van der Waals surface area contributed by atoms with Gasteiger partial charge in [0.1, 0.15) is 0 Å². The van der Waals surface area contributed by atoms with Crippen molar-refractivity contribution in [1.82, 2.24) is 4.90 Å². The molecule has 0 aromatic heterocycles. The van der Waals surface area contributed by atoms with Gasteiger partial charge in [-0.15, -0.1) is 0 Å². The summed E-state index contributed by atoms with van der Waals surface area (Å²) < 4.78 is 0. The molecule has 0 bridgehead atoms. The van der Waals surface area contributed by atoms with Gasteiger partial charge in [0.25, 0.3) is 5.91 Å². The SMILES string of the molecule is Nc1ccccc1C(=O)Nc1cccc(CN2CCCCC2)c1. The minimum absolute atomic E-state index is 0.168. The Balaban J connectivity index is 1.67. The van der Waals surface area contributed by atoms with Gasteiger partial charge in [-0.1, -0.05) is 30.7 Å². The summed E-state index contributed by atoms with van der Waals surface area (Å²) in [5.41, 5.74) is 8.90. The molecule has 2 aromatic carbocycles. The van der Waals surface area contributed by atoms with Crippen LogP contribution < -0.4 is 11.1 Å². The molecule has 0 atom stereocenters. The van der Waals surface area contributed by atoms with Crippen LogP contribution in [0.25, 0.3) is 0 Å². The van der Waals surface area contributed by atoms with Crippen molar-refractivity contribution in [1.29, 1.82) is 0 Å². The first-order valence-corrected chi connectivity index (χ1v) is 8.19. The van der Waals surface area contributed by atoms with Crippen molar-refractivity contribution in [2.24, 2.45) is 0 Å². The van der Waals surface area contributed by atoms with Crippen molar-refractivity contribution in [3.05, 3.63) is 59.7 Å². The van der Waals surface area contributed by atoms with Gasteiger partial charge in [0.15, 0.2) is 0 Å². The van der Waals surface area contributed by atoms with Crippen molar-refractivity contribution < 1.29 is 4.79 Å². The quantitative estimate of drug-likeness (QED) is 0.850. The van der Waals surface area contributed by atoms with Crippen LogP contribution >= 0.6 is 0 Å². The predicted octanol–water partition coefficient (Wildman–Crippen LogP) is 3.51. The van der Waals surface area contributed by atoms with Crippen LogP contribution in [0.4, 0.5) is 11.4 Å². The second-order valence-corrected chi connectivity index (χ2v) is 6.08. The number of amides is 1. The van der Waals surface area contributed by atoms with E-state index < -0.39 is 0 Å². The zero-order valence-corrected chi connectivity index (χ0v) is 13.3. The lowest BCUT2D eigenvalue weighted by molar-refractivity contribution is 0.102.